The van der Waals surface area contributed by atoms with Gasteiger partial charge in [0.1, 0.15) is 11.5 Å². The molecule has 1 amide bonds. The van der Waals surface area contributed by atoms with Crippen LogP contribution in [0.25, 0.3) is 0 Å². The van der Waals surface area contributed by atoms with Gasteiger partial charge in [0.25, 0.3) is 5.91 Å². The average molecular weight is 340 g/mol. The topological polar surface area (TPSA) is 36.7 Å². The summed E-state index contributed by atoms with van der Waals surface area (Å²) in [6, 6.07) is 8.45. The van der Waals surface area contributed by atoms with Crippen molar-refractivity contribution in [2.75, 3.05) is 25.0 Å². The molecule has 134 valence electrons. The van der Waals surface area contributed by atoms with Gasteiger partial charge >= 0.3 is 0 Å². The molecule has 0 bridgehead atoms. The lowest BCUT2D eigenvalue weighted by Gasteiger charge is -2.31. The highest BCUT2D eigenvalue weighted by atomic mass is 16.3. The maximum absolute atomic E-state index is 12.9. The summed E-state index contributed by atoms with van der Waals surface area (Å²) < 4.78 is 5.63. The summed E-state index contributed by atoms with van der Waals surface area (Å²) in [5.74, 6) is 1.56. The quantitative estimate of drug-likeness (QED) is 0.824. The number of aryl methyl sites for hydroxylation is 2. The number of hydrogen-bond acceptors (Lipinski definition) is 3. The summed E-state index contributed by atoms with van der Waals surface area (Å²) in [5, 5.41) is 0. The third kappa shape index (κ3) is 3.58. The minimum absolute atomic E-state index is 0.0281. The Kier molecular flexibility index (Phi) is 5.16. The van der Waals surface area contributed by atoms with Crippen LogP contribution in [0.5, 0.6) is 0 Å². The molecule has 2 aromatic rings. The van der Waals surface area contributed by atoms with E-state index in [1.165, 1.54) is 30.5 Å². The first-order valence-electron chi connectivity index (χ1n) is 9.14. The number of para-hydroxylation sites is 1. The zero-order chi connectivity index (χ0) is 18.0. The Hall–Kier alpha value is -2.23. The van der Waals surface area contributed by atoms with Crippen molar-refractivity contribution in [3.63, 3.8) is 0 Å². The van der Waals surface area contributed by atoms with E-state index in [0.29, 0.717) is 17.9 Å². The lowest BCUT2D eigenvalue weighted by atomic mass is 10.1. The fourth-order valence-electron chi connectivity index (χ4n) is 3.71. The molecule has 1 aromatic heterocycles. The molecule has 1 aliphatic heterocycles. The maximum atomic E-state index is 12.9. The predicted octanol–water partition coefficient (Wildman–Crippen LogP) is 4.47. The van der Waals surface area contributed by atoms with E-state index < -0.39 is 0 Å². The van der Waals surface area contributed by atoms with Crippen molar-refractivity contribution in [2.45, 2.75) is 46.6 Å². The predicted molar refractivity (Wildman–Crippen MR) is 101 cm³/mol. The normalized spacial score (nSPS) is 14.6. The van der Waals surface area contributed by atoms with Gasteiger partial charge in [0, 0.05) is 37.9 Å². The third-order valence-electron chi connectivity index (χ3n) is 5.22. The van der Waals surface area contributed by atoms with Gasteiger partial charge in [0.2, 0.25) is 0 Å². The van der Waals surface area contributed by atoms with Crippen LogP contribution in [0, 0.1) is 20.8 Å². The standard InChI is InChI=1S/C21H28N2O2/c1-15-16(2)25-17(3)20(15)21(24)22(4)14-18-10-6-7-11-19(18)23-12-8-5-9-13-23/h6-7,10-11H,5,8-9,12-14H2,1-4H3. The van der Waals surface area contributed by atoms with Crippen molar-refractivity contribution in [1.29, 1.82) is 0 Å². The number of rotatable bonds is 4. The van der Waals surface area contributed by atoms with Crippen LogP contribution < -0.4 is 4.90 Å². The van der Waals surface area contributed by atoms with Gasteiger partial charge in [-0.25, -0.2) is 0 Å². The Morgan fingerprint density at radius 3 is 2.40 bits per heavy atom. The third-order valence-corrected chi connectivity index (χ3v) is 5.22. The molecular weight excluding hydrogens is 312 g/mol. The van der Waals surface area contributed by atoms with E-state index in [1.54, 1.807) is 4.90 Å². The number of benzene rings is 1. The van der Waals surface area contributed by atoms with E-state index in [0.717, 1.165) is 24.4 Å². The first-order chi connectivity index (χ1) is 12.0. The van der Waals surface area contributed by atoms with E-state index in [4.69, 9.17) is 4.42 Å². The summed E-state index contributed by atoms with van der Waals surface area (Å²) in [6.45, 7) is 8.54. The van der Waals surface area contributed by atoms with E-state index in [1.807, 2.05) is 27.8 Å². The second-order valence-electron chi connectivity index (χ2n) is 7.05. The number of carbonyl (C=O) groups excluding carboxylic acids is 1. The first-order valence-corrected chi connectivity index (χ1v) is 9.14. The monoisotopic (exact) mass is 340 g/mol. The summed E-state index contributed by atoms with van der Waals surface area (Å²) in [4.78, 5) is 17.2. The number of furan rings is 1. The Bertz CT molecular complexity index is 757. The van der Waals surface area contributed by atoms with Crippen LogP contribution >= 0.6 is 0 Å². The van der Waals surface area contributed by atoms with Crippen LogP contribution in [0.3, 0.4) is 0 Å². The van der Waals surface area contributed by atoms with Gasteiger partial charge < -0.3 is 14.2 Å². The van der Waals surface area contributed by atoms with Crippen LogP contribution in [-0.4, -0.2) is 30.9 Å². The lowest BCUT2D eigenvalue weighted by Crippen LogP contribution is -2.32. The molecule has 0 atom stereocenters. The molecule has 0 N–H and O–H groups in total. The lowest BCUT2D eigenvalue weighted by molar-refractivity contribution is 0.0783. The molecule has 0 radical (unpaired) electrons. The molecule has 0 unspecified atom stereocenters. The van der Waals surface area contributed by atoms with Crippen molar-refractivity contribution < 1.29 is 9.21 Å². The molecule has 1 fully saturated rings. The van der Waals surface area contributed by atoms with Gasteiger partial charge in [-0.3, -0.25) is 4.79 Å². The van der Waals surface area contributed by atoms with Crippen molar-refractivity contribution in [2.24, 2.45) is 0 Å². The highest BCUT2D eigenvalue weighted by Crippen LogP contribution is 2.27. The van der Waals surface area contributed by atoms with Gasteiger partial charge in [-0.2, -0.15) is 0 Å². The van der Waals surface area contributed by atoms with Crippen LogP contribution in [0.4, 0.5) is 5.69 Å². The smallest absolute Gasteiger partial charge is 0.257 e. The van der Waals surface area contributed by atoms with Crippen LogP contribution in [0.15, 0.2) is 28.7 Å². The minimum atomic E-state index is 0.0281. The summed E-state index contributed by atoms with van der Waals surface area (Å²) in [7, 11) is 1.87. The summed E-state index contributed by atoms with van der Waals surface area (Å²) in [5.41, 5.74) is 4.11. The Morgan fingerprint density at radius 1 is 1.08 bits per heavy atom. The van der Waals surface area contributed by atoms with E-state index in [-0.39, 0.29) is 5.91 Å². The molecule has 0 spiro atoms. The molecule has 4 heteroatoms. The molecule has 0 aliphatic carbocycles. The number of carbonyl (C=O) groups is 1. The van der Waals surface area contributed by atoms with E-state index >= 15 is 0 Å². The first kappa shape index (κ1) is 17.6. The van der Waals surface area contributed by atoms with Crippen molar-refractivity contribution >= 4 is 11.6 Å². The maximum Gasteiger partial charge on any atom is 0.257 e. The summed E-state index contributed by atoms with van der Waals surface area (Å²) >= 11 is 0. The number of amides is 1. The van der Waals surface area contributed by atoms with Gasteiger partial charge in [0.05, 0.1) is 5.56 Å². The second kappa shape index (κ2) is 7.34. The van der Waals surface area contributed by atoms with Crippen LogP contribution in [0.1, 0.15) is 52.3 Å². The van der Waals surface area contributed by atoms with Crippen LogP contribution in [-0.2, 0) is 6.54 Å². The van der Waals surface area contributed by atoms with Crippen molar-refractivity contribution in [1.82, 2.24) is 4.90 Å². The fraction of sp³-hybridized carbons (Fsp3) is 0.476. The Balaban J connectivity index is 1.81. The van der Waals surface area contributed by atoms with Crippen molar-refractivity contribution in [3.05, 3.63) is 52.5 Å². The summed E-state index contributed by atoms with van der Waals surface area (Å²) in [6.07, 6.45) is 3.81. The van der Waals surface area contributed by atoms with Gasteiger partial charge in [-0.1, -0.05) is 18.2 Å². The SMILES string of the molecule is Cc1oc(C)c(C(=O)N(C)Cc2ccccc2N2CCCCC2)c1C. The molecule has 1 aliphatic rings. The number of piperidine rings is 1. The van der Waals surface area contributed by atoms with Crippen molar-refractivity contribution in [3.8, 4) is 0 Å². The van der Waals surface area contributed by atoms with E-state index in [2.05, 4.69) is 29.2 Å². The number of hydrogen-bond donors (Lipinski definition) is 0. The molecule has 0 saturated carbocycles. The van der Waals surface area contributed by atoms with Gasteiger partial charge in [-0.15, -0.1) is 0 Å². The highest BCUT2D eigenvalue weighted by molar-refractivity contribution is 5.96. The molecule has 1 aromatic carbocycles. The molecule has 1 saturated heterocycles. The Labute approximate surface area is 150 Å². The molecule has 25 heavy (non-hydrogen) atoms. The number of anilines is 1. The average Bonchev–Trinajstić information content (AvgIpc) is 2.87. The highest BCUT2D eigenvalue weighted by Gasteiger charge is 2.23. The fourth-order valence-corrected chi connectivity index (χ4v) is 3.71. The molecule has 4 nitrogen and oxygen atoms in total. The molecular formula is C21H28N2O2. The minimum Gasteiger partial charge on any atom is -0.466 e. The largest absolute Gasteiger partial charge is 0.466 e. The Morgan fingerprint density at radius 2 is 1.76 bits per heavy atom. The zero-order valence-corrected chi connectivity index (χ0v) is 15.8. The second-order valence-corrected chi connectivity index (χ2v) is 7.05. The molecule has 2 heterocycles. The van der Waals surface area contributed by atoms with E-state index in [9.17, 15) is 4.79 Å². The number of nitrogens with zero attached hydrogens (tertiary/aromatic N) is 2. The molecule has 3 rings (SSSR count). The zero-order valence-electron chi connectivity index (χ0n) is 15.8. The van der Waals surface area contributed by atoms with Gasteiger partial charge in [-0.05, 0) is 51.7 Å². The van der Waals surface area contributed by atoms with Crippen LogP contribution in [0.2, 0.25) is 0 Å². The van der Waals surface area contributed by atoms with Gasteiger partial charge in [0.15, 0.2) is 0 Å².